The van der Waals surface area contributed by atoms with Crippen molar-refractivity contribution in [3.05, 3.63) is 42.2 Å². The Balaban J connectivity index is 2.16. The third kappa shape index (κ3) is 3.78. The van der Waals surface area contributed by atoms with Crippen LogP contribution in [0, 0.1) is 0 Å². The van der Waals surface area contributed by atoms with Gasteiger partial charge in [0.1, 0.15) is 11.4 Å². The van der Waals surface area contributed by atoms with Crippen molar-refractivity contribution < 1.29 is 9.53 Å². The summed E-state index contributed by atoms with van der Waals surface area (Å²) >= 11 is 0. The number of carbonyl (C=O) groups is 1. The van der Waals surface area contributed by atoms with Crippen molar-refractivity contribution in [2.24, 2.45) is 0 Å². The molecule has 0 bridgehead atoms. The first-order chi connectivity index (χ1) is 10.1. The van der Waals surface area contributed by atoms with Crippen molar-refractivity contribution in [2.45, 2.75) is 26.8 Å². The molecule has 0 fully saturated rings. The second kappa shape index (κ2) is 6.83. The van der Waals surface area contributed by atoms with Gasteiger partial charge in [0.05, 0.1) is 12.3 Å². The lowest BCUT2D eigenvalue weighted by atomic mass is 10.3. The summed E-state index contributed by atoms with van der Waals surface area (Å²) in [6.45, 7) is 5.33. The molecule has 1 amide bonds. The lowest BCUT2D eigenvalue weighted by Crippen LogP contribution is -2.16. The molecule has 0 atom stereocenters. The molecular weight excluding hydrogens is 266 g/mol. The van der Waals surface area contributed by atoms with Crippen LogP contribution >= 0.6 is 0 Å². The third-order valence-corrected chi connectivity index (χ3v) is 3.02. The Labute approximate surface area is 124 Å². The number of aryl methyl sites for hydroxylation is 1. The van der Waals surface area contributed by atoms with Crippen LogP contribution in [0.1, 0.15) is 30.8 Å². The maximum Gasteiger partial charge on any atom is 0.272 e. The molecule has 0 saturated heterocycles. The molecule has 1 aromatic carbocycles. The van der Waals surface area contributed by atoms with Gasteiger partial charge in [-0.25, -0.2) is 0 Å². The van der Waals surface area contributed by atoms with E-state index in [1.807, 2.05) is 29.7 Å². The van der Waals surface area contributed by atoms with Gasteiger partial charge < -0.3 is 20.4 Å². The molecule has 5 heteroatoms. The Bertz CT molecular complexity index is 620. The summed E-state index contributed by atoms with van der Waals surface area (Å²) in [5, 5.41) is 2.87. The minimum Gasteiger partial charge on any atom is -0.494 e. The van der Waals surface area contributed by atoms with Crippen LogP contribution in [-0.2, 0) is 6.54 Å². The molecule has 2 rings (SSSR count). The average molecular weight is 287 g/mol. The van der Waals surface area contributed by atoms with Crippen LogP contribution < -0.4 is 15.8 Å². The predicted molar refractivity (Wildman–Crippen MR) is 84.7 cm³/mol. The van der Waals surface area contributed by atoms with Gasteiger partial charge in [-0.05, 0) is 31.5 Å². The first-order valence-corrected chi connectivity index (χ1v) is 7.14. The summed E-state index contributed by atoms with van der Waals surface area (Å²) in [4.78, 5) is 12.4. The molecule has 0 saturated carbocycles. The molecule has 0 aliphatic rings. The largest absolute Gasteiger partial charge is 0.494 e. The maximum atomic E-state index is 12.4. The van der Waals surface area contributed by atoms with E-state index in [1.54, 1.807) is 18.3 Å². The number of nitrogens with zero attached hydrogens (tertiary/aromatic N) is 1. The van der Waals surface area contributed by atoms with E-state index in [1.165, 1.54) is 0 Å². The normalized spacial score (nSPS) is 10.4. The smallest absolute Gasteiger partial charge is 0.272 e. The highest BCUT2D eigenvalue weighted by Gasteiger charge is 2.13. The molecule has 0 aliphatic heterocycles. The fourth-order valence-electron chi connectivity index (χ4n) is 2.17. The Morgan fingerprint density at radius 1 is 1.33 bits per heavy atom. The molecule has 3 N–H and O–H groups in total. The SMILES string of the molecule is CCCn1cc(N)cc1C(=O)Nc1cccc(OCC)c1. The van der Waals surface area contributed by atoms with Gasteiger partial charge in [-0.1, -0.05) is 13.0 Å². The number of amides is 1. The average Bonchev–Trinajstić information content (AvgIpc) is 2.81. The van der Waals surface area contributed by atoms with Crippen molar-refractivity contribution in [2.75, 3.05) is 17.7 Å². The zero-order valence-corrected chi connectivity index (χ0v) is 12.4. The summed E-state index contributed by atoms with van der Waals surface area (Å²) in [5.74, 6) is 0.563. The predicted octanol–water partition coefficient (Wildman–Crippen LogP) is 3.13. The Kier molecular flexibility index (Phi) is 4.87. The van der Waals surface area contributed by atoms with E-state index in [0.717, 1.165) is 18.7 Å². The standard InChI is InChI=1S/C16H21N3O2/c1-3-8-19-11-12(17)9-15(19)16(20)18-13-6-5-7-14(10-13)21-4-2/h5-7,9-11H,3-4,8,17H2,1-2H3,(H,18,20). The zero-order valence-electron chi connectivity index (χ0n) is 12.4. The van der Waals surface area contributed by atoms with E-state index < -0.39 is 0 Å². The highest BCUT2D eigenvalue weighted by atomic mass is 16.5. The van der Waals surface area contributed by atoms with E-state index in [2.05, 4.69) is 12.2 Å². The quantitative estimate of drug-likeness (QED) is 0.857. The Morgan fingerprint density at radius 3 is 2.86 bits per heavy atom. The number of ether oxygens (including phenoxy) is 1. The number of hydrogen-bond donors (Lipinski definition) is 2. The van der Waals surface area contributed by atoms with Gasteiger partial charge in [-0.15, -0.1) is 0 Å². The second-order valence-electron chi connectivity index (χ2n) is 4.77. The Hall–Kier alpha value is -2.43. The molecule has 1 aromatic heterocycles. The van der Waals surface area contributed by atoms with Crippen molar-refractivity contribution >= 4 is 17.3 Å². The summed E-state index contributed by atoms with van der Waals surface area (Å²) in [6, 6.07) is 9.03. The summed E-state index contributed by atoms with van der Waals surface area (Å²) < 4.78 is 7.30. The van der Waals surface area contributed by atoms with Crippen molar-refractivity contribution in [3.63, 3.8) is 0 Å². The summed E-state index contributed by atoms with van der Waals surface area (Å²) in [5.41, 5.74) is 7.65. The number of nitrogens with two attached hydrogens (primary N) is 1. The van der Waals surface area contributed by atoms with Gasteiger partial charge in [-0.3, -0.25) is 4.79 Å². The van der Waals surface area contributed by atoms with Gasteiger partial charge in [0, 0.05) is 24.5 Å². The fraction of sp³-hybridized carbons (Fsp3) is 0.312. The lowest BCUT2D eigenvalue weighted by molar-refractivity contribution is 0.101. The van der Waals surface area contributed by atoms with Crippen LogP contribution in [0.4, 0.5) is 11.4 Å². The molecule has 5 nitrogen and oxygen atoms in total. The van der Waals surface area contributed by atoms with Gasteiger partial charge >= 0.3 is 0 Å². The number of nitrogens with one attached hydrogen (secondary N) is 1. The number of aromatic nitrogens is 1. The topological polar surface area (TPSA) is 69.3 Å². The first kappa shape index (κ1) is 15.0. The molecule has 2 aromatic rings. The molecule has 0 spiro atoms. The minimum atomic E-state index is -0.172. The number of hydrogen-bond acceptors (Lipinski definition) is 3. The van der Waals surface area contributed by atoms with Crippen LogP contribution in [0.25, 0.3) is 0 Å². The monoisotopic (exact) mass is 287 g/mol. The van der Waals surface area contributed by atoms with Crippen molar-refractivity contribution in [3.8, 4) is 5.75 Å². The minimum absolute atomic E-state index is 0.172. The molecule has 0 radical (unpaired) electrons. The fourth-order valence-corrected chi connectivity index (χ4v) is 2.17. The molecule has 0 aliphatic carbocycles. The van der Waals surface area contributed by atoms with Gasteiger partial charge in [-0.2, -0.15) is 0 Å². The van der Waals surface area contributed by atoms with E-state index in [9.17, 15) is 4.79 Å². The highest BCUT2D eigenvalue weighted by molar-refractivity contribution is 6.03. The van der Waals surface area contributed by atoms with E-state index >= 15 is 0 Å². The number of anilines is 2. The van der Waals surface area contributed by atoms with Gasteiger partial charge in [0.25, 0.3) is 5.91 Å². The van der Waals surface area contributed by atoms with Crippen LogP contribution in [-0.4, -0.2) is 17.1 Å². The van der Waals surface area contributed by atoms with E-state index in [-0.39, 0.29) is 5.91 Å². The molecule has 112 valence electrons. The number of carbonyl (C=O) groups excluding carboxylic acids is 1. The van der Waals surface area contributed by atoms with Crippen LogP contribution in [0.15, 0.2) is 36.5 Å². The van der Waals surface area contributed by atoms with Crippen LogP contribution in [0.5, 0.6) is 5.75 Å². The van der Waals surface area contributed by atoms with E-state index in [0.29, 0.717) is 23.7 Å². The van der Waals surface area contributed by atoms with E-state index in [4.69, 9.17) is 10.5 Å². The van der Waals surface area contributed by atoms with Crippen LogP contribution in [0.2, 0.25) is 0 Å². The lowest BCUT2D eigenvalue weighted by Gasteiger charge is -2.10. The maximum absolute atomic E-state index is 12.4. The number of rotatable bonds is 6. The number of nitrogen functional groups attached to an aromatic ring is 1. The van der Waals surface area contributed by atoms with Gasteiger partial charge in [0.2, 0.25) is 0 Å². The second-order valence-corrected chi connectivity index (χ2v) is 4.77. The first-order valence-electron chi connectivity index (χ1n) is 7.14. The highest BCUT2D eigenvalue weighted by Crippen LogP contribution is 2.19. The molecular formula is C16H21N3O2. The van der Waals surface area contributed by atoms with Crippen molar-refractivity contribution in [1.29, 1.82) is 0 Å². The third-order valence-electron chi connectivity index (χ3n) is 3.02. The van der Waals surface area contributed by atoms with Crippen LogP contribution in [0.3, 0.4) is 0 Å². The Morgan fingerprint density at radius 2 is 2.14 bits per heavy atom. The summed E-state index contributed by atoms with van der Waals surface area (Å²) in [6.07, 6.45) is 2.73. The van der Waals surface area contributed by atoms with Crippen molar-refractivity contribution in [1.82, 2.24) is 4.57 Å². The summed E-state index contributed by atoms with van der Waals surface area (Å²) in [7, 11) is 0. The zero-order chi connectivity index (χ0) is 15.2. The molecule has 21 heavy (non-hydrogen) atoms. The molecule has 0 unspecified atom stereocenters. The van der Waals surface area contributed by atoms with Gasteiger partial charge in [0.15, 0.2) is 0 Å². The molecule has 1 heterocycles. The number of benzene rings is 1.